The van der Waals surface area contributed by atoms with Crippen molar-refractivity contribution in [3.63, 3.8) is 0 Å². The topological polar surface area (TPSA) is 138 Å². The summed E-state index contributed by atoms with van der Waals surface area (Å²) in [4.78, 5) is 38.1. The molecular formula is C27H27ClF3N9O2. The molecule has 2 amide bonds. The molecule has 1 aliphatic carbocycles. The van der Waals surface area contributed by atoms with Crippen LogP contribution in [0.15, 0.2) is 43.0 Å². The molecule has 4 N–H and O–H groups in total. The third kappa shape index (κ3) is 5.27. The molecule has 1 saturated heterocycles. The zero-order valence-electron chi connectivity index (χ0n) is 22.2. The molecule has 2 fully saturated rings. The van der Waals surface area contributed by atoms with Gasteiger partial charge in [0.1, 0.15) is 5.69 Å². The zero-order valence-corrected chi connectivity index (χ0v) is 23.0. The Bertz CT molecular complexity index is 1650. The maximum Gasteiger partial charge on any atom is 0.433 e. The lowest BCUT2D eigenvalue weighted by Gasteiger charge is -2.36. The highest BCUT2D eigenvalue weighted by molar-refractivity contribution is 6.34. The van der Waals surface area contributed by atoms with Gasteiger partial charge in [-0.3, -0.25) is 19.1 Å². The monoisotopic (exact) mass is 601 g/mol. The number of fused-ring (bicyclic) bond motifs is 1. The van der Waals surface area contributed by atoms with E-state index in [1.165, 1.54) is 23.0 Å². The first kappa shape index (κ1) is 28.0. The molecule has 42 heavy (non-hydrogen) atoms. The number of aromatic nitrogens is 5. The van der Waals surface area contributed by atoms with E-state index in [-0.39, 0.29) is 51.5 Å². The van der Waals surface area contributed by atoms with E-state index < -0.39 is 11.9 Å². The zero-order chi connectivity index (χ0) is 29.6. The molecule has 4 aromatic rings. The first-order valence-corrected chi connectivity index (χ1v) is 13.8. The first-order valence-electron chi connectivity index (χ1n) is 13.4. The first-order chi connectivity index (χ1) is 20.1. The lowest BCUT2D eigenvalue weighted by atomic mass is 10.1. The number of amides is 2. The van der Waals surface area contributed by atoms with Gasteiger partial charge in [-0.2, -0.15) is 18.3 Å². The predicted molar refractivity (Wildman–Crippen MR) is 148 cm³/mol. The number of nitrogens with two attached hydrogens (primary N) is 1. The van der Waals surface area contributed by atoms with Gasteiger partial charge in [0.05, 0.1) is 34.2 Å². The fourth-order valence-electron chi connectivity index (χ4n) is 5.61. The normalized spacial score (nSPS) is 19.5. The van der Waals surface area contributed by atoms with Crippen LogP contribution in [-0.2, 0) is 11.0 Å². The minimum atomic E-state index is -4.62. The minimum absolute atomic E-state index is 0.0337. The van der Waals surface area contributed by atoms with Crippen molar-refractivity contribution < 1.29 is 22.8 Å². The van der Waals surface area contributed by atoms with Crippen molar-refractivity contribution in [2.75, 3.05) is 31.5 Å². The number of hydrogen-bond acceptors (Lipinski definition) is 7. The van der Waals surface area contributed by atoms with Crippen LogP contribution >= 0.6 is 11.6 Å². The Morgan fingerprint density at radius 2 is 1.83 bits per heavy atom. The molecule has 6 rings (SSSR count). The van der Waals surface area contributed by atoms with Crippen molar-refractivity contribution in [2.45, 2.75) is 31.5 Å². The molecule has 3 aromatic heterocycles. The number of nitrogens with zero attached hydrogens (tertiary/aromatic N) is 6. The lowest BCUT2D eigenvalue weighted by molar-refractivity contribution is -0.140. The second-order valence-corrected chi connectivity index (χ2v) is 10.9. The minimum Gasteiger partial charge on any atom is -0.339 e. The van der Waals surface area contributed by atoms with Crippen molar-refractivity contribution in [1.82, 2.24) is 34.4 Å². The van der Waals surface area contributed by atoms with Crippen molar-refractivity contribution >= 4 is 40.6 Å². The second kappa shape index (κ2) is 10.9. The number of piperazine rings is 1. The van der Waals surface area contributed by atoms with Crippen LogP contribution in [0.25, 0.3) is 16.9 Å². The summed E-state index contributed by atoms with van der Waals surface area (Å²) in [5.74, 6) is 0.121. The van der Waals surface area contributed by atoms with Gasteiger partial charge in [0.15, 0.2) is 11.5 Å². The summed E-state index contributed by atoms with van der Waals surface area (Å²) in [6, 6.07) is 4.92. The van der Waals surface area contributed by atoms with Crippen LogP contribution in [0, 0.1) is 5.92 Å². The summed E-state index contributed by atoms with van der Waals surface area (Å²) >= 11 is 6.52. The third-order valence-corrected chi connectivity index (χ3v) is 8.10. The molecule has 2 aliphatic rings. The largest absolute Gasteiger partial charge is 0.433 e. The number of rotatable bonds is 5. The SMILES string of the molecule is N[C@H]1CC[C@@H](C(=O)N2CCN(C(=O)c3ccc(Nc4nccn5c(-c6cn[nH]c6C(F)(F)F)cnc45)cc3Cl)CC2)C1. The van der Waals surface area contributed by atoms with E-state index in [4.69, 9.17) is 17.3 Å². The van der Waals surface area contributed by atoms with Gasteiger partial charge >= 0.3 is 6.18 Å². The third-order valence-electron chi connectivity index (χ3n) is 7.79. The van der Waals surface area contributed by atoms with Gasteiger partial charge in [0, 0.05) is 56.2 Å². The highest BCUT2D eigenvalue weighted by Gasteiger charge is 2.37. The van der Waals surface area contributed by atoms with Gasteiger partial charge in [-0.05, 0) is 37.5 Å². The summed E-state index contributed by atoms with van der Waals surface area (Å²) in [6.07, 6.45) is 3.11. The van der Waals surface area contributed by atoms with Crippen LogP contribution < -0.4 is 11.1 Å². The number of carbonyl (C=O) groups excluding carboxylic acids is 2. The van der Waals surface area contributed by atoms with E-state index in [1.54, 1.807) is 23.1 Å². The van der Waals surface area contributed by atoms with Crippen LogP contribution in [0.1, 0.15) is 35.3 Å². The van der Waals surface area contributed by atoms with Gasteiger partial charge in [-0.25, -0.2) is 9.97 Å². The molecule has 2 atom stereocenters. The lowest BCUT2D eigenvalue weighted by Crippen LogP contribution is -2.51. The fourth-order valence-corrected chi connectivity index (χ4v) is 5.87. The number of nitrogens with one attached hydrogen (secondary N) is 2. The Hall–Kier alpha value is -4.17. The highest BCUT2D eigenvalue weighted by atomic mass is 35.5. The van der Waals surface area contributed by atoms with Crippen molar-refractivity contribution in [3.05, 3.63) is 59.3 Å². The van der Waals surface area contributed by atoms with E-state index in [0.29, 0.717) is 43.9 Å². The Kier molecular flexibility index (Phi) is 7.27. The summed E-state index contributed by atoms with van der Waals surface area (Å²) in [7, 11) is 0. The van der Waals surface area contributed by atoms with Gasteiger partial charge in [-0.15, -0.1) is 0 Å². The van der Waals surface area contributed by atoms with Gasteiger partial charge in [-0.1, -0.05) is 11.6 Å². The van der Waals surface area contributed by atoms with Gasteiger partial charge < -0.3 is 20.9 Å². The number of H-pyrrole nitrogens is 1. The fraction of sp³-hybridized carbons (Fsp3) is 0.370. The maximum absolute atomic E-state index is 13.4. The molecule has 1 aromatic carbocycles. The molecule has 1 saturated carbocycles. The maximum atomic E-state index is 13.4. The summed E-state index contributed by atoms with van der Waals surface area (Å²) in [5, 5.41) is 8.85. The van der Waals surface area contributed by atoms with Crippen molar-refractivity contribution in [1.29, 1.82) is 0 Å². The standard InChI is InChI=1S/C27H27ClF3N9O2/c28-20-12-17(3-4-18(20)26(42)39-9-7-38(8-10-39)25(41)15-1-2-16(32)11-15)36-23-24-34-14-21(40(24)6-5-33-23)19-13-35-37-22(19)27(29,30)31/h3-6,12-16H,1-2,7-11,32H2,(H,33,36)(H,35,37)/t15-,16+/m1/s1. The number of alkyl halides is 3. The van der Waals surface area contributed by atoms with Crippen LogP contribution in [0.2, 0.25) is 5.02 Å². The van der Waals surface area contributed by atoms with Crippen LogP contribution in [-0.4, -0.2) is 78.4 Å². The number of hydrogen-bond donors (Lipinski definition) is 3. The highest BCUT2D eigenvalue weighted by Crippen LogP contribution is 2.36. The number of carbonyl (C=O) groups is 2. The number of benzene rings is 1. The average molecular weight is 602 g/mol. The van der Waals surface area contributed by atoms with Crippen LogP contribution in [0.4, 0.5) is 24.7 Å². The van der Waals surface area contributed by atoms with E-state index in [0.717, 1.165) is 19.0 Å². The Balaban J connectivity index is 1.15. The summed E-state index contributed by atoms with van der Waals surface area (Å²) < 4.78 is 41.7. The summed E-state index contributed by atoms with van der Waals surface area (Å²) in [5.41, 5.74) is 6.13. The van der Waals surface area contributed by atoms with E-state index >= 15 is 0 Å². The molecule has 0 radical (unpaired) electrons. The number of anilines is 2. The predicted octanol–water partition coefficient (Wildman–Crippen LogP) is 3.95. The Morgan fingerprint density at radius 3 is 2.52 bits per heavy atom. The smallest absolute Gasteiger partial charge is 0.339 e. The molecule has 0 unspecified atom stereocenters. The number of imidazole rings is 1. The number of halogens is 4. The van der Waals surface area contributed by atoms with Crippen molar-refractivity contribution in [2.24, 2.45) is 11.7 Å². The molecule has 220 valence electrons. The molecule has 11 nitrogen and oxygen atoms in total. The molecule has 4 heterocycles. The van der Waals surface area contributed by atoms with E-state index in [9.17, 15) is 22.8 Å². The average Bonchev–Trinajstić information content (AvgIpc) is 3.72. The molecule has 15 heteroatoms. The molecule has 0 bridgehead atoms. The van der Waals surface area contributed by atoms with E-state index in [2.05, 4.69) is 20.4 Å². The summed E-state index contributed by atoms with van der Waals surface area (Å²) in [6.45, 7) is 1.72. The molecule has 0 spiro atoms. The Labute approximate surface area is 242 Å². The van der Waals surface area contributed by atoms with Crippen LogP contribution in [0.3, 0.4) is 0 Å². The van der Waals surface area contributed by atoms with Gasteiger partial charge in [0.2, 0.25) is 5.91 Å². The van der Waals surface area contributed by atoms with Crippen LogP contribution in [0.5, 0.6) is 0 Å². The van der Waals surface area contributed by atoms with E-state index in [1.807, 2.05) is 10.00 Å². The molecular weight excluding hydrogens is 575 g/mol. The Morgan fingerprint density at radius 1 is 1.07 bits per heavy atom. The van der Waals surface area contributed by atoms with Crippen molar-refractivity contribution in [3.8, 4) is 11.3 Å². The molecule has 1 aliphatic heterocycles. The second-order valence-electron chi connectivity index (χ2n) is 10.5. The quantitative estimate of drug-likeness (QED) is 0.315. The van der Waals surface area contributed by atoms with Gasteiger partial charge in [0.25, 0.3) is 5.91 Å². The number of aromatic amines is 1.